The minimum Gasteiger partial charge on any atom is -0.508 e. The van der Waals surface area contributed by atoms with Crippen LogP contribution in [0.25, 0.3) is 0 Å². The first-order valence-electron chi connectivity index (χ1n) is 21.3. The number of rotatable bonds is 7. The molecule has 0 spiro atoms. The first kappa shape index (κ1) is 37.0. The second-order valence-electron chi connectivity index (χ2n) is 17.5. The molecule has 6 aliphatic rings. The van der Waals surface area contributed by atoms with Gasteiger partial charge in [0.1, 0.15) is 11.8 Å². The van der Waals surface area contributed by atoms with Crippen molar-refractivity contribution in [3.05, 3.63) is 129 Å². The largest absolute Gasteiger partial charge is 0.508 e. The van der Waals surface area contributed by atoms with Crippen LogP contribution in [0.5, 0.6) is 5.75 Å². The minimum absolute atomic E-state index is 0.116. The fourth-order valence-corrected chi connectivity index (χ4v) is 11.0. The Kier molecular flexibility index (Phi) is 9.64. The van der Waals surface area contributed by atoms with Gasteiger partial charge in [-0.1, -0.05) is 48.5 Å². The average Bonchev–Trinajstić information content (AvgIpc) is 3.77. The van der Waals surface area contributed by atoms with E-state index < -0.39 is 23.8 Å². The molecule has 4 aromatic rings. The number of phenolic OH excluding ortho intramolecular Hbond substituents is 1. The van der Waals surface area contributed by atoms with Gasteiger partial charge in [-0.15, -0.1) is 0 Å². The third kappa shape index (κ3) is 6.79. The number of piperidine rings is 3. The molecule has 10 heteroatoms. The Bertz CT molecular complexity index is 2210. The van der Waals surface area contributed by atoms with Crippen molar-refractivity contribution in [1.82, 2.24) is 20.0 Å². The molecule has 58 heavy (non-hydrogen) atoms. The van der Waals surface area contributed by atoms with Crippen molar-refractivity contribution >= 4 is 29.3 Å². The zero-order chi connectivity index (χ0) is 39.5. The number of hydrogen-bond acceptors (Lipinski definition) is 8. The van der Waals surface area contributed by atoms with Crippen LogP contribution < -0.4 is 10.2 Å². The van der Waals surface area contributed by atoms with Crippen molar-refractivity contribution in [2.24, 2.45) is 5.92 Å². The van der Waals surface area contributed by atoms with Crippen LogP contribution in [0.15, 0.2) is 84.9 Å². The highest BCUT2D eigenvalue weighted by Gasteiger charge is 2.46. The fraction of sp³-hybridized carbons (Fsp3) is 0.417. The normalized spacial score (nSPS) is 24.5. The highest BCUT2D eigenvalue weighted by Crippen LogP contribution is 2.47. The first-order valence-corrected chi connectivity index (χ1v) is 21.3. The van der Waals surface area contributed by atoms with E-state index >= 15 is 0 Å². The Balaban J connectivity index is 0.716. The minimum atomic E-state index is -0.940. The fourth-order valence-electron chi connectivity index (χ4n) is 11.0. The number of imide groups is 2. The summed E-state index contributed by atoms with van der Waals surface area (Å²) >= 11 is 0. The zero-order valence-electron chi connectivity index (χ0n) is 32.9. The number of amides is 4. The Hall–Kier alpha value is -5.32. The molecular formula is C48H51N5O5. The van der Waals surface area contributed by atoms with Crippen molar-refractivity contribution in [3.63, 3.8) is 0 Å². The van der Waals surface area contributed by atoms with E-state index in [1.54, 1.807) is 0 Å². The standard InChI is InChI=1S/C48H51N5O5/c54-38-11-13-40-33(24-38)8-12-39(31-4-2-1-3-5-31)45(40)32-6-9-36(10-7-32)51-22-16-30(17-23-51)27-50-20-18-37(19-21-50)52-28-34-25-41-42(26-35(34)29-52)48(58)53(47(41)57)43-14-15-44(55)49-46(43)56/h1-7,9-11,13,24-26,30,37,39,43,45,54H,8,12,14-23,27-29H2,(H,49,55,56)/t39-,43?,45+/m1/s1. The summed E-state index contributed by atoms with van der Waals surface area (Å²) in [6, 6.07) is 29.5. The third-order valence-corrected chi connectivity index (χ3v) is 14.1. The third-order valence-electron chi connectivity index (χ3n) is 14.1. The molecule has 3 fully saturated rings. The number of nitrogens with zero attached hydrogens (tertiary/aromatic N) is 4. The highest BCUT2D eigenvalue weighted by molar-refractivity contribution is 6.23. The molecule has 0 aromatic heterocycles. The van der Waals surface area contributed by atoms with Gasteiger partial charge in [0, 0.05) is 56.8 Å². The highest BCUT2D eigenvalue weighted by atomic mass is 16.3. The van der Waals surface area contributed by atoms with Gasteiger partial charge >= 0.3 is 0 Å². The maximum absolute atomic E-state index is 13.4. The van der Waals surface area contributed by atoms with Crippen LogP contribution in [0, 0.1) is 5.92 Å². The maximum atomic E-state index is 13.4. The molecule has 2 N–H and O–H groups in total. The number of aromatic hydroxyl groups is 1. The summed E-state index contributed by atoms with van der Waals surface area (Å²) in [5.41, 5.74) is 9.54. The van der Waals surface area contributed by atoms with Crippen LogP contribution in [0.3, 0.4) is 0 Å². The Morgan fingerprint density at radius 2 is 1.34 bits per heavy atom. The van der Waals surface area contributed by atoms with Crippen LogP contribution in [-0.4, -0.2) is 88.2 Å². The molecule has 3 saturated heterocycles. The van der Waals surface area contributed by atoms with E-state index in [0.717, 1.165) is 87.5 Å². The lowest BCUT2D eigenvalue weighted by Gasteiger charge is -2.40. The maximum Gasteiger partial charge on any atom is 0.262 e. The second kappa shape index (κ2) is 15.1. The van der Waals surface area contributed by atoms with Crippen molar-refractivity contribution < 1.29 is 24.3 Å². The van der Waals surface area contributed by atoms with Crippen LogP contribution in [0.4, 0.5) is 5.69 Å². The van der Waals surface area contributed by atoms with E-state index in [0.29, 0.717) is 34.8 Å². The molecule has 5 aliphatic heterocycles. The van der Waals surface area contributed by atoms with E-state index in [1.165, 1.54) is 40.8 Å². The number of nitrogens with one attached hydrogen (secondary N) is 1. The summed E-state index contributed by atoms with van der Waals surface area (Å²) in [5, 5.41) is 12.5. The first-order chi connectivity index (χ1) is 28.3. The Morgan fingerprint density at radius 1 is 0.655 bits per heavy atom. The summed E-state index contributed by atoms with van der Waals surface area (Å²) in [6.45, 7) is 6.99. The molecule has 0 radical (unpaired) electrons. The van der Waals surface area contributed by atoms with Gasteiger partial charge in [0.2, 0.25) is 11.8 Å². The van der Waals surface area contributed by atoms with Crippen LogP contribution in [0.1, 0.15) is 111 Å². The number of likely N-dealkylation sites (tertiary alicyclic amines) is 1. The monoisotopic (exact) mass is 777 g/mol. The predicted octanol–water partition coefficient (Wildman–Crippen LogP) is 6.35. The number of anilines is 1. The lowest BCUT2D eigenvalue weighted by molar-refractivity contribution is -0.136. The molecule has 298 valence electrons. The molecule has 4 aromatic carbocycles. The average molecular weight is 778 g/mol. The van der Waals surface area contributed by atoms with Gasteiger partial charge in [-0.05, 0) is 140 Å². The number of benzene rings is 4. The Labute approximate surface area is 339 Å². The number of carbonyl (C=O) groups is 4. The lowest BCUT2D eigenvalue weighted by Crippen LogP contribution is -2.54. The molecule has 0 saturated carbocycles. The topological polar surface area (TPSA) is 114 Å². The van der Waals surface area contributed by atoms with Gasteiger partial charge in [0.15, 0.2) is 0 Å². The van der Waals surface area contributed by atoms with Crippen molar-refractivity contribution in [1.29, 1.82) is 0 Å². The number of hydrogen-bond donors (Lipinski definition) is 2. The molecule has 1 aliphatic carbocycles. The predicted molar refractivity (Wildman–Crippen MR) is 221 cm³/mol. The van der Waals surface area contributed by atoms with Crippen LogP contribution in [-0.2, 0) is 29.1 Å². The van der Waals surface area contributed by atoms with Crippen molar-refractivity contribution in [2.45, 2.75) is 88.4 Å². The lowest BCUT2D eigenvalue weighted by atomic mass is 9.69. The van der Waals surface area contributed by atoms with Gasteiger partial charge < -0.3 is 14.9 Å². The molecule has 5 heterocycles. The van der Waals surface area contributed by atoms with Gasteiger partial charge in [0.05, 0.1) is 11.1 Å². The number of fused-ring (bicyclic) bond motifs is 3. The summed E-state index contributed by atoms with van der Waals surface area (Å²) in [5.74, 6) is -0.116. The molecule has 0 bridgehead atoms. The van der Waals surface area contributed by atoms with E-state index in [2.05, 4.69) is 80.7 Å². The molecule has 1 unspecified atom stereocenters. The van der Waals surface area contributed by atoms with E-state index in [4.69, 9.17) is 0 Å². The van der Waals surface area contributed by atoms with Crippen LogP contribution in [0.2, 0.25) is 0 Å². The Morgan fingerprint density at radius 3 is 2.02 bits per heavy atom. The summed E-state index contributed by atoms with van der Waals surface area (Å²) in [4.78, 5) is 59.7. The SMILES string of the molecule is O=C1CCC(N2C(=O)c3cc4c(cc3C2=O)CN(C2CCN(CC3CCN(c5ccc([C@@H]6c7ccc(O)cc7CC[C@@H]6c6ccccc6)cc5)CC3)CC2)C4)C(=O)N1. The number of carbonyl (C=O) groups excluding carboxylic acids is 4. The number of aryl methyl sites for hydroxylation is 1. The molecule has 3 atom stereocenters. The number of phenols is 1. The van der Waals surface area contributed by atoms with Gasteiger partial charge in [-0.25, -0.2) is 0 Å². The van der Waals surface area contributed by atoms with E-state index in [-0.39, 0.29) is 24.7 Å². The van der Waals surface area contributed by atoms with Crippen molar-refractivity contribution in [3.8, 4) is 5.75 Å². The van der Waals surface area contributed by atoms with Gasteiger partial charge in [0.25, 0.3) is 11.8 Å². The smallest absolute Gasteiger partial charge is 0.262 e. The van der Waals surface area contributed by atoms with Gasteiger partial charge in [-0.3, -0.25) is 34.3 Å². The molecular weight excluding hydrogens is 727 g/mol. The van der Waals surface area contributed by atoms with E-state index in [9.17, 15) is 24.3 Å². The quantitative estimate of drug-likeness (QED) is 0.209. The van der Waals surface area contributed by atoms with Gasteiger partial charge in [-0.2, -0.15) is 0 Å². The molecule has 4 amide bonds. The zero-order valence-corrected chi connectivity index (χ0v) is 32.9. The summed E-state index contributed by atoms with van der Waals surface area (Å²) < 4.78 is 0. The second-order valence-corrected chi connectivity index (χ2v) is 17.5. The summed E-state index contributed by atoms with van der Waals surface area (Å²) in [7, 11) is 0. The summed E-state index contributed by atoms with van der Waals surface area (Å²) in [6.07, 6.45) is 6.93. The molecule has 10 rings (SSSR count). The molecule has 10 nitrogen and oxygen atoms in total. The van der Waals surface area contributed by atoms with Crippen LogP contribution >= 0.6 is 0 Å². The van der Waals surface area contributed by atoms with E-state index in [1.807, 2.05) is 24.3 Å². The van der Waals surface area contributed by atoms with Crippen molar-refractivity contribution in [2.75, 3.05) is 37.6 Å².